The van der Waals surface area contributed by atoms with Gasteiger partial charge in [0.2, 0.25) is 0 Å². The van der Waals surface area contributed by atoms with E-state index in [4.69, 9.17) is 5.26 Å². The molecule has 0 unspecified atom stereocenters. The Morgan fingerprint density at radius 3 is 2.88 bits per heavy atom. The van der Waals surface area contributed by atoms with E-state index in [2.05, 4.69) is 16.6 Å². The van der Waals surface area contributed by atoms with Crippen molar-refractivity contribution in [1.82, 2.24) is 0 Å². The molecule has 0 aliphatic rings. The van der Waals surface area contributed by atoms with Crippen molar-refractivity contribution in [1.29, 1.82) is 5.26 Å². The predicted octanol–water partition coefficient (Wildman–Crippen LogP) is 1.67. The zero-order chi connectivity index (χ0) is 11.8. The summed E-state index contributed by atoms with van der Waals surface area (Å²) in [6, 6.07) is 9.22. The Balaban J connectivity index is 2.80. The number of ether oxygens (including phenoxy) is 1. The van der Waals surface area contributed by atoms with Gasteiger partial charge in [-0.1, -0.05) is 24.1 Å². The van der Waals surface area contributed by atoms with Crippen LogP contribution >= 0.6 is 0 Å². The molecule has 0 aliphatic heterocycles. The van der Waals surface area contributed by atoms with E-state index in [1.54, 1.807) is 6.07 Å². The highest BCUT2D eigenvalue weighted by molar-refractivity contribution is 5.69. The predicted molar refractivity (Wildman–Crippen MR) is 59.3 cm³/mol. The summed E-state index contributed by atoms with van der Waals surface area (Å²) in [7, 11) is 1.36. The number of benzene rings is 1. The summed E-state index contributed by atoms with van der Waals surface area (Å²) >= 11 is 0. The summed E-state index contributed by atoms with van der Waals surface area (Å²) < 4.78 is 4.57. The first-order valence-corrected chi connectivity index (χ1v) is 4.82. The zero-order valence-electron chi connectivity index (χ0n) is 8.99. The number of nitriles is 1. The number of carbonyl (C=O) groups excluding carboxylic acids is 1. The minimum atomic E-state index is -0.247. The van der Waals surface area contributed by atoms with Gasteiger partial charge < -0.3 is 4.74 Å². The summed E-state index contributed by atoms with van der Waals surface area (Å²) in [5.74, 6) is 4.84. The van der Waals surface area contributed by atoms with Crippen molar-refractivity contribution in [3.05, 3.63) is 35.4 Å². The molecule has 0 aliphatic carbocycles. The summed E-state index contributed by atoms with van der Waals surface area (Å²) in [5.41, 5.74) is 1.74. The van der Waals surface area contributed by atoms with E-state index >= 15 is 0 Å². The molecule has 0 aromatic heterocycles. The lowest BCUT2D eigenvalue weighted by Gasteiger charge is -2.02. The molecule has 0 bridgehead atoms. The minimum Gasteiger partial charge on any atom is -0.469 e. The lowest BCUT2D eigenvalue weighted by Crippen LogP contribution is -2.02. The summed E-state index contributed by atoms with van der Waals surface area (Å²) in [6.45, 7) is 0. The fourth-order valence-electron chi connectivity index (χ4n) is 1.29. The molecule has 1 aromatic carbocycles. The zero-order valence-corrected chi connectivity index (χ0v) is 8.99. The van der Waals surface area contributed by atoms with Crippen molar-refractivity contribution in [3.63, 3.8) is 0 Å². The first-order chi connectivity index (χ1) is 7.77. The molecule has 16 heavy (non-hydrogen) atoms. The number of aryl methyl sites for hydroxylation is 1. The van der Waals surface area contributed by atoms with Crippen molar-refractivity contribution >= 4 is 5.97 Å². The third kappa shape index (κ3) is 3.48. The minimum absolute atomic E-state index is 0.247. The van der Waals surface area contributed by atoms with Crippen LogP contribution in [0.4, 0.5) is 0 Å². The van der Waals surface area contributed by atoms with Gasteiger partial charge in [0.25, 0.3) is 0 Å². The Morgan fingerprint density at radius 2 is 2.19 bits per heavy atom. The van der Waals surface area contributed by atoms with E-state index in [-0.39, 0.29) is 5.97 Å². The molecule has 0 atom stereocenters. The van der Waals surface area contributed by atoms with Crippen molar-refractivity contribution in [2.75, 3.05) is 7.11 Å². The Kier molecular flexibility index (Phi) is 4.63. The number of hydrogen-bond donors (Lipinski definition) is 0. The lowest BCUT2D eigenvalue weighted by molar-refractivity contribution is -0.140. The monoisotopic (exact) mass is 213 g/mol. The van der Waals surface area contributed by atoms with Gasteiger partial charge in [-0.3, -0.25) is 4.79 Å². The van der Waals surface area contributed by atoms with Crippen LogP contribution in [0.25, 0.3) is 0 Å². The molecule has 0 N–H and O–H groups in total. The third-order valence-corrected chi connectivity index (χ3v) is 2.10. The van der Waals surface area contributed by atoms with Gasteiger partial charge in [0.15, 0.2) is 6.07 Å². The number of carbonyl (C=O) groups is 1. The molecule has 0 saturated carbocycles. The molecule has 3 heteroatoms. The second-order valence-corrected chi connectivity index (χ2v) is 3.10. The normalized spacial score (nSPS) is 8.50. The van der Waals surface area contributed by atoms with Gasteiger partial charge in [-0.15, -0.1) is 0 Å². The van der Waals surface area contributed by atoms with Gasteiger partial charge in [0.1, 0.15) is 0 Å². The lowest BCUT2D eigenvalue weighted by atomic mass is 10.0. The van der Waals surface area contributed by atoms with E-state index in [9.17, 15) is 4.79 Å². The summed E-state index contributed by atoms with van der Waals surface area (Å²) in [4.78, 5) is 11.0. The van der Waals surface area contributed by atoms with Crippen LogP contribution in [0.3, 0.4) is 0 Å². The maximum atomic E-state index is 11.0. The molecule has 0 spiro atoms. The van der Waals surface area contributed by atoms with Crippen LogP contribution in [0.5, 0.6) is 0 Å². The van der Waals surface area contributed by atoms with Gasteiger partial charge in [0.05, 0.1) is 7.11 Å². The molecule has 0 radical (unpaired) electrons. The van der Waals surface area contributed by atoms with E-state index < -0.39 is 0 Å². The van der Waals surface area contributed by atoms with E-state index in [1.807, 2.05) is 24.3 Å². The average Bonchev–Trinajstić information content (AvgIpc) is 2.34. The first-order valence-electron chi connectivity index (χ1n) is 4.82. The van der Waals surface area contributed by atoms with Crippen molar-refractivity contribution in [3.8, 4) is 17.9 Å². The van der Waals surface area contributed by atoms with E-state index in [0.717, 1.165) is 11.1 Å². The Bertz CT molecular complexity index is 475. The highest BCUT2D eigenvalue weighted by Gasteiger charge is 2.04. The van der Waals surface area contributed by atoms with Gasteiger partial charge in [-0.25, -0.2) is 0 Å². The summed E-state index contributed by atoms with van der Waals surface area (Å²) in [5, 5.41) is 8.38. The van der Waals surface area contributed by atoms with Crippen molar-refractivity contribution in [2.45, 2.75) is 12.8 Å². The molecule has 0 saturated heterocycles. The first kappa shape index (κ1) is 11.8. The Hall–Kier alpha value is -2.26. The Labute approximate surface area is 94.7 Å². The second-order valence-electron chi connectivity index (χ2n) is 3.10. The highest BCUT2D eigenvalue weighted by Crippen LogP contribution is 2.10. The molecule has 1 aromatic rings. The quantitative estimate of drug-likeness (QED) is 0.566. The third-order valence-electron chi connectivity index (χ3n) is 2.10. The Morgan fingerprint density at radius 1 is 1.44 bits per heavy atom. The van der Waals surface area contributed by atoms with Crippen LogP contribution in [0.15, 0.2) is 24.3 Å². The number of nitrogens with zero attached hydrogens (tertiary/aromatic N) is 1. The molecule has 0 heterocycles. The molecule has 1 rings (SSSR count). The highest BCUT2D eigenvalue weighted by atomic mass is 16.5. The molecular formula is C13H11NO2. The topological polar surface area (TPSA) is 50.1 Å². The molecule has 0 fully saturated rings. The van der Waals surface area contributed by atoms with Crippen LogP contribution < -0.4 is 0 Å². The number of hydrogen-bond acceptors (Lipinski definition) is 3. The van der Waals surface area contributed by atoms with Crippen LogP contribution in [-0.2, 0) is 16.0 Å². The van der Waals surface area contributed by atoms with E-state index in [0.29, 0.717) is 12.8 Å². The number of methoxy groups -OCH3 is 1. The van der Waals surface area contributed by atoms with Gasteiger partial charge >= 0.3 is 5.97 Å². The molecule has 3 nitrogen and oxygen atoms in total. The van der Waals surface area contributed by atoms with Gasteiger partial charge in [0, 0.05) is 17.9 Å². The number of rotatable bonds is 3. The standard InChI is InChI=1S/C13H11NO2/c1-16-13(15)9-8-12-6-3-2-5-11(12)7-4-10-14/h2-3,5-6H,8-9H2,1H3. The van der Waals surface area contributed by atoms with Crippen LogP contribution in [-0.4, -0.2) is 13.1 Å². The maximum absolute atomic E-state index is 11.0. The van der Waals surface area contributed by atoms with E-state index in [1.165, 1.54) is 7.11 Å². The fraction of sp³-hybridized carbons (Fsp3) is 0.231. The van der Waals surface area contributed by atoms with Crippen LogP contribution in [0.2, 0.25) is 0 Å². The largest absolute Gasteiger partial charge is 0.469 e. The molecular weight excluding hydrogens is 202 g/mol. The van der Waals surface area contributed by atoms with Crippen molar-refractivity contribution in [2.24, 2.45) is 0 Å². The second kappa shape index (κ2) is 6.27. The average molecular weight is 213 g/mol. The summed E-state index contributed by atoms with van der Waals surface area (Å²) in [6.07, 6.45) is 0.894. The number of esters is 1. The SMILES string of the molecule is COC(=O)CCc1ccccc1C#CC#N. The van der Waals surface area contributed by atoms with Crippen LogP contribution in [0, 0.1) is 23.2 Å². The van der Waals surface area contributed by atoms with Gasteiger partial charge in [-0.05, 0) is 18.1 Å². The fourth-order valence-corrected chi connectivity index (χ4v) is 1.29. The van der Waals surface area contributed by atoms with Crippen LogP contribution in [0.1, 0.15) is 17.5 Å². The smallest absolute Gasteiger partial charge is 0.305 e. The van der Waals surface area contributed by atoms with Gasteiger partial charge in [-0.2, -0.15) is 5.26 Å². The van der Waals surface area contributed by atoms with Crippen molar-refractivity contribution < 1.29 is 9.53 Å². The molecule has 0 amide bonds. The molecule has 80 valence electrons. The maximum Gasteiger partial charge on any atom is 0.305 e.